The van der Waals surface area contributed by atoms with E-state index < -0.39 is 0 Å². The predicted molar refractivity (Wildman–Crippen MR) is 94.1 cm³/mol. The first-order chi connectivity index (χ1) is 12.0. The van der Waals surface area contributed by atoms with Crippen molar-refractivity contribution in [2.24, 2.45) is 0 Å². The van der Waals surface area contributed by atoms with Crippen LogP contribution in [0, 0.1) is 13.8 Å². The quantitative estimate of drug-likeness (QED) is 0.837. The maximum Gasteiger partial charge on any atom is 0.317 e. The highest BCUT2D eigenvalue weighted by molar-refractivity contribution is 5.94. The number of amides is 1. The molecule has 1 atom stereocenters. The first-order valence-electron chi connectivity index (χ1n) is 8.56. The fourth-order valence-electron chi connectivity index (χ4n) is 2.95. The van der Waals surface area contributed by atoms with Crippen LogP contribution in [0.4, 0.5) is 0 Å². The zero-order valence-electron chi connectivity index (χ0n) is 14.9. The van der Waals surface area contributed by atoms with Crippen molar-refractivity contribution in [3.05, 3.63) is 47.3 Å². The van der Waals surface area contributed by atoms with E-state index in [2.05, 4.69) is 9.97 Å². The van der Waals surface area contributed by atoms with Gasteiger partial charge in [0.05, 0.1) is 13.2 Å². The lowest BCUT2D eigenvalue weighted by Gasteiger charge is -2.17. The Kier molecular flexibility index (Phi) is 5.16. The van der Waals surface area contributed by atoms with Gasteiger partial charge in [-0.1, -0.05) is 0 Å². The number of rotatable bonds is 5. The van der Waals surface area contributed by atoms with Crippen LogP contribution in [-0.4, -0.2) is 46.6 Å². The van der Waals surface area contributed by atoms with Crippen LogP contribution < -0.4 is 9.47 Å². The fraction of sp³-hybridized carbons (Fsp3) is 0.421. The number of ether oxygens (including phenoxy) is 2. The van der Waals surface area contributed by atoms with Gasteiger partial charge < -0.3 is 14.4 Å². The summed E-state index contributed by atoms with van der Waals surface area (Å²) in [4.78, 5) is 23.0. The summed E-state index contributed by atoms with van der Waals surface area (Å²) >= 11 is 0. The van der Waals surface area contributed by atoms with Crippen molar-refractivity contribution >= 4 is 5.91 Å². The van der Waals surface area contributed by atoms with Gasteiger partial charge in [0, 0.05) is 29.9 Å². The summed E-state index contributed by atoms with van der Waals surface area (Å²) in [6, 6.07) is 9.54. The van der Waals surface area contributed by atoms with E-state index in [4.69, 9.17) is 9.47 Å². The van der Waals surface area contributed by atoms with Crippen LogP contribution in [-0.2, 0) is 0 Å². The molecular weight excluding hydrogens is 318 g/mol. The number of aromatic nitrogens is 2. The summed E-state index contributed by atoms with van der Waals surface area (Å²) in [5.41, 5.74) is 2.41. The molecule has 1 fully saturated rings. The van der Waals surface area contributed by atoms with E-state index in [1.807, 2.05) is 43.9 Å². The fourth-order valence-corrected chi connectivity index (χ4v) is 2.95. The van der Waals surface area contributed by atoms with Gasteiger partial charge in [-0.2, -0.15) is 0 Å². The lowest BCUT2D eigenvalue weighted by Crippen LogP contribution is -2.31. The lowest BCUT2D eigenvalue weighted by molar-refractivity contribution is 0.0769. The molecule has 132 valence electrons. The number of nitrogens with zero attached hydrogens (tertiary/aromatic N) is 3. The molecule has 3 rings (SSSR count). The molecule has 25 heavy (non-hydrogen) atoms. The molecule has 0 bridgehead atoms. The van der Waals surface area contributed by atoms with E-state index in [9.17, 15) is 4.79 Å². The number of carbonyl (C=O) groups is 1. The van der Waals surface area contributed by atoms with Gasteiger partial charge in [0.2, 0.25) is 0 Å². The highest BCUT2D eigenvalue weighted by Gasteiger charge is 2.29. The van der Waals surface area contributed by atoms with Crippen LogP contribution in [0.1, 0.15) is 35.1 Å². The van der Waals surface area contributed by atoms with Crippen molar-refractivity contribution in [2.45, 2.75) is 33.3 Å². The van der Waals surface area contributed by atoms with Gasteiger partial charge in [0.1, 0.15) is 11.9 Å². The molecule has 2 heterocycles. The van der Waals surface area contributed by atoms with E-state index in [-0.39, 0.29) is 12.0 Å². The predicted octanol–water partition coefficient (Wildman–Crippen LogP) is 2.79. The van der Waals surface area contributed by atoms with Gasteiger partial charge in [-0.25, -0.2) is 9.97 Å². The minimum absolute atomic E-state index is 0.00971. The maximum absolute atomic E-state index is 12.6. The average molecular weight is 341 g/mol. The number of aryl methyl sites for hydroxylation is 2. The van der Waals surface area contributed by atoms with E-state index in [0.717, 1.165) is 23.6 Å². The van der Waals surface area contributed by atoms with E-state index in [0.29, 0.717) is 31.3 Å². The first-order valence-corrected chi connectivity index (χ1v) is 8.56. The SMILES string of the molecule is CCOc1ccc(C(=O)N2CCC(Oc3nc(C)cc(C)n3)C2)cc1. The second-order valence-corrected chi connectivity index (χ2v) is 6.17. The Morgan fingerprint density at radius 3 is 2.52 bits per heavy atom. The van der Waals surface area contributed by atoms with Gasteiger partial charge in [-0.3, -0.25) is 4.79 Å². The molecule has 6 nitrogen and oxygen atoms in total. The summed E-state index contributed by atoms with van der Waals surface area (Å²) in [5.74, 6) is 0.782. The van der Waals surface area contributed by atoms with Crippen LogP contribution in [0.2, 0.25) is 0 Å². The van der Waals surface area contributed by atoms with Crippen molar-refractivity contribution in [1.82, 2.24) is 14.9 Å². The molecule has 0 N–H and O–H groups in total. The van der Waals surface area contributed by atoms with E-state index >= 15 is 0 Å². The monoisotopic (exact) mass is 341 g/mol. The summed E-state index contributed by atoms with van der Waals surface area (Å²) in [5, 5.41) is 0. The van der Waals surface area contributed by atoms with E-state index in [1.54, 1.807) is 12.1 Å². The summed E-state index contributed by atoms with van der Waals surface area (Å²) in [6.45, 7) is 7.58. The normalized spacial score (nSPS) is 16.8. The Morgan fingerprint density at radius 1 is 1.20 bits per heavy atom. The third-order valence-corrected chi connectivity index (χ3v) is 4.08. The molecule has 1 unspecified atom stereocenters. The van der Waals surface area contributed by atoms with Gasteiger partial charge in [0.15, 0.2) is 0 Å². The maximum atomic E-state index is 12.6. The molecule has 0 aliphatic carbocycles. The van der Waals surface area contributed by atoms with Crippen molar-refractivity contribution in [1.29, 1.82) is 0 Å². The Hall–Kier alpha value is -2.63. The third kappa shape index (κ3) is 4.26. The molecule has 1 aliphatic rings. The molecule has 1 saturated heterocycles. The van der Waals surface area contributed by atoms with Gasteiger partial charge in [0.25, 0.3) is 5.91 Å². The summed E-state index contributed by atoms with van der Waals surface area (Å²) < 4.78 is 11.3. The number of likely N-dealkylation sites (tertiary alicyclic amines) is 1. The Balaban J connectivity index is 1.60. The molecule has 2 aromatic rings. The second kappa shape index (κ2) is 7.51. The summed E-state index contributed by atoms with van der Waals surface area (Å²) in [6.07, 6.45) is 0.701. The zero-order valence-corrected chi connectivity index (χ0v) is 14.9. The molecule has 0 saturated carbocycles. The largest absolute Gasteiger partial charge is 0.494 e. The number of hydrogen-bond acceptors (Lipinski definition) is 5. The van der Waals surface area contributed by atoms with Gasteiger partial charge in [-0.15, -0.1) is 0 Å². The minimum Gasteiger partial charge on any atom is -0.494 e. The lowest BCUT2D eigenvalue weighted by atomic mass is 10.2. The van der Waals surface area contributed by atoms with Crippen molar-refractivity contribution in [3.8, 4) is 11.8 Å². The molecule has 1 amide bonds. The molecule has 1 aliphatic heterocycles. The molecule has 6 heteroatoms. The number of hydrogen-bond donors (Lipinski definition) is 0. The zero-order chi connectivity index (χ0) is 17.8. The average Bonchev–Trinajstić information content (AvgIpc) is 3.02. The topological polar surface area (TPSA) is 64.5 Å². The van der Waals surface area contributed by atoms with Gasteiger partial charge in [-0.05, 0) is 51.1 Å². The third-order valence-electron chi connectivity index (χ3n) is 4.08. The number of carbonyl (C=O) groups excluding carboxylic acids is 1. The highest BCUT2D eigenvalue weighted by atomic mass is 16.5. The van der Waals surface area contributed by atoms with Crippen LogP contribution in [0.25, 0.3) is 0 Å². The number of benzene rings is 1. The van der Waals surface area contributed by atoms with Crippen LogP contribution in [0.5, 0.6) is 11.8 Å². The Bertz CT molecular complexity index is 726. The molecule has 0 radical (unpaired) electrons. The van der Waals surface area contributed by atoms with E-state index in [1.165, 1.54) is 0 Å². The molecule has 1 aromatic carbocycles. The first kappa shape index (κ1) is 17.2. The highest BCUT2D eigenvalue weighted by Crippen LogP contribution is 2.19. The second-order valence-electron chi connectivity index (χ2n) is 6.17. The Labute approximate surface area is 147 Å². The van der Waals surface area contributed by atoms with Crippen molar-refractivity contribution in [3.63, 3.8) is 0 Å². The van der Waals surface area contributed by atoms with Crippen LogP contribution in [0.3, 0.4) is 0 Å². The van der Waals surface area contributed by atoms with Crippen molar-refractivity contribution < 1.29 is 14.3 Å². The van der Waals surface area contributed by atoms with Gasteiger partial charge >= 0.3 is 6.01 Å². The molecular formula is C19H23N3O3. The summed E-state index contributed by atoms with van der Waals surface area (Å²) in [7, 11) is 0. The molecule has 1 aromatic heterocycles. The standard InChI is InChI=1S/C19H23N3O3/c1-4-24-16-7-5-15(6-8-16)18(23)22-10-9-17(12-22)25-19-20-13(2)11-14(3)21-19/h5-8,11,17H,4,9-10,12H2,1-3H3. The van der Waals surface area contributed by atoms with Crippen LogP contribution in [0.15, 0.2) is 30.3 Å². The Morgan fingerprint density at radius 2 is 1.88 bits per heavy atom. The smallest absolute Gasteiger partial charge is 0.317 e. The molecule has 0 spiro atoms. The van der Waals surface area contributed by atoms with Crippen molar-refractivity contribution in [2.75, 3.05) is 19.7 Å². The van der Waals surface area contributed by atoms with Crippen LogP contribution >= 0.6 is 0 Å². The minimum atomic E-state index is -0.0761.